The van der Waals surface area contributed by atoms with E-state index >= 15 is 0 Å². The van der Waals surface area contributed by atoms with Gasteiger partial charge in [-0.25, -0.2) is 0 Å². The quantitative estimate of drug-likeness (QED) is 0.844. The molecule has 1 atom stereocenters. The van der Waals surface area contributed by atoms with Crippen LogP contribution in [0, 0.1) is 5.92 Å². The van der Waals surface area contributed by atoms with Gasteiger partial charge in [-0.15, -0.1) is 12.4 Å². The number of piperidine rings is 1. The molecular formula is C17H27ClN2O2. The van der Waals surface area contributed by atoms with Gasteiger partial charge < -0.3 is 15.4 Å². The molecule has 5 heteroatoms. The van der Waals surface area contributed by atoms with Gasteiger partial charge in [0.2, 0.25) is 5.91 Å². The molecule has 0 spiro atoms. The molecule has 1 aliphatic heterocycles. The van der Waals surface area contributed by atoms with Gasteiger partial charge in [0, 0.05) is 6.54 Å². The van der Waals surface area contributed by atoms with E-state index in [1.807, 2.05) is 38.1 Å². The molecule has 1 unspecified atom stereocenters. The molecule has 22 heavy (non-hydrogen) atoms. The van der Waals surface area contributed by atoms with E-state index < -0.39 is 0 Å². The Hall–Kier alpha value is -1.26. The molecule has 0 bridgehead atoms. The number of ether oxygens (including phenoxy) is 1. The van der Waals surface area contributed by atoms with Crippen molar-refractivity contribution in [1.29, 1.82) is 0 Å². The monoisotopic (exact) mass is 326 g/mol. The van der Waals surface area contributed by atoms with Crippen LogP contribution in [-0.2, 0) is 11.2 Å². The summed E-state index contributed by atoms with van der Waals surface area (Å²) >= 11 is 0. The Balaban J connectivity index is 0.00000242. The molecular weight excluding hydrogens is 300 g/mol. The fourth-order valence-corrected chi connectivity index (χ4v) is 2.61. The SMILES string of the molecule is CC(C)Oc1cccc(CC(=O)NCC2CCCNC2)c1.Cl. The van der Waals surface area contributed by atoms with E-state index in [0.717, 1.165) is 30.9 Å². The Labute approximate surface area is 139 Å². The lowest BCUT2D eigenvalue weighted by Gasteiger charge is -2.22. The van der Waals surface area contributed by atoms with Crippen molar-refractivity contribution in [1.82, 2.24) is 10.6 Å². The predicted octanol–water partition coefficient (Wildman–Crippen LogP) is 2.55. The molecule has 1 amide bonds. The molecule has 2 N–H and O–H groups in total. The van der Waals surface area contributed by atoms with Crippen LogP contribution >= 0.6 is 12.4 Å². The zero-order valence-corrected chi connectivity index (χ0v) is 14.2. The molecule has 1 aromatic carbocycles. The molecule has 0 saturated carbocycles. The number of hydrogen-bond acceptors (Lipinski definition) is 3. The molecule has 1 aliphatic rings. The van der Waals surface area contributed by atoms with Crippen molar-refractivity contribution in [2.75, 3.05) is 19.6 Å². The highest BCUT2D eigenvalue weighted by molar-refractivity contribution is 5.85. The summed E-state index contributed by atoms with van der Waals surface area (Å²) < 4.78 is 5.65. The second kappa shape index (κ2) is 9.70. The van der Waals surface area contributed by atoms with E-state index in [1.165, 1.54) is 12.8 Å². The molecule has 2 rings (SSSR count). The molecule has 1 aromatic rings. The van der Waals surface area contributed by atoms with E-state index in [2.05, 4.69) is 10.6 Å². The largest absolute Gasteiger partial charge is 0.491 e. The van der Waals surface area contributed by atoms with Gasteiger partial charge in [-0.3, -0.25) is 4.79 Å². The van der Waals surface area contributed by atoms with Gasteiger partial charge in [0.15, 0.2) is 0 Å². The van der Waals surface area contributed by atoms with Crippen molar-refractivity contribution >= 4 is 18.3 Å². The number of nitrogens with one attached hydrogen (secondary N) is 2. The average molecular weight is 327 g/mol. The van der Waals surface area contributed by atoms with Crippen molar-refractivity contribution in [2.45, 2.75) is 39.2 Å². The number of benzene rings is 1. The fraction of sp³-hybridized carbons (Fsp3) is 0.588. The summed E-state index contributed by atoms with van der Waals surface area (Å²) in [7, 11) is 0. The Morgan fingerprint density at radius 3 is 2.95 bits per heavy atom. The Bertz CT molecular complexity index is 460. The fourth-order valence-electron chi connectivity index (χ4n) is 2.61. The van der Waals surface area contributed by atoms with E-state index in [-0.39, 0.29) is 24.4 Å². The van der Waals surface area contributed by atoms with Crippen LogP contribution in [0.1, 0.15) is 32.3 Å². The first kappa shape index (κ1) is 18.8. The molecule has 124 valence electrons. The van der Waals surface area contributed by atoms with Crippen LogP contribution in [0.15, 0.2) is 24.3 Å². The second-order valence-corrected chi connectivity index (χ2v) is 6.01. The normalized spacial score (nSPS) is 17.7. The summed E-state index contributed by atoms with van der Waals surface area (Å²) in [5.74, 6) is 1.48. The predicted molar refractivity (Wildman–Crippen MR) is 91.8 cm³/mol. The third-order valence-electron chi connectivity index (χ3n) is 3.62. The molecule has 1 saturated heterocycles. The highest BCUT2D eigenvalue weighted by atomic mass is 35.5. The molecule has 1 fully saturated rings. The summed E-state index contributed by atoms with van der Waals surface area (Å²) in [4.78, 5) is 12.0. The first-order chi connectivity index (χ1) is 10.1. The zero-order valence-electron chi connectivity index (χ0n) is 13.4. The number of hydrogen-bond donors (Lipinski definition) is 2. The maximum Gasteiger partial charge on any atom is 0.224 e. The van der Waals surface area contributed by atoms with Gasteiger partial charge in [0.05, 0.1) is 12.5 Å². The Morgan fingerprint density at radius 2 is 2.27 bits per heavy atom. The summed E-state index contributed by atoms with van der Waals surface area (Å²) in [5, 5.41) is 6.41. The van der Waals surface area contributed by atoms with Crippen molar-refractivity contribution in [3.63, 3.8) is 0 Å². The van der Waals surface area contributed by atoms with Crippen LogP contribution in [0.3, 0.4) is 0 Å². The van der Waals surface area contributed by atoms with Crippen LogP contribution in [0.4, 0.5) is 0 Å². The van der Waals surface area contributed by atoms with Gasteiger partial charge in [0.1, 0.15) is 5.75 Å². The number of halogens is 1. The summed E-state index contributed by atoms with van der Waals surface area (Å²) in [6.07, 6.45) is 2.96. The first-order valence-electron chi connectivity index (χ1n) is 7.86. The zero-order chi connectivity index (χ0) is 15.1. The van der Waals surface area contributed by atoms with E-state index in [9.17, 15) is 4.79 Å². The lowest BCUT2D eigenvalue weighted by molar-refractivity contribution is -0.120. The van der Waals surface area contributed by atoms with E-state index in [0.29, 0.717) is 12.3 Å². The maximum absolute atomic E-state index is 12.0. The summed E-state index contributed by atoms with van der Waals surface area (Å²) in [6.45, 7) is 6.88. The third-order valence-corrected chi connectivity index (χ3v) is 3.62. The van der Waals surface area contributed by atoms with Crippen molar-refractivity contribution in [3.05, 3.63) is 29.8 Å². The molecule has 1 heterocycles. The van der Waals surface area contributed by atoms with Crippen LogP contribution < -0.4 is 15.4 Å². The molecule has 0 aromatic heterocycles. The lowest BCUT2D eigenvalue weighted by Crippen LogP contribution is -2.38. The van der Waals surface area contributed by atoms with E-state index in [1.54, 1.807) is 0 Å². The van der Waals surface area contributed by atoms with Gasteiger partial charge >= 0.3 is 0 Å². The Morgan fingerprint density at radius 1 is 1.45 bits per heavy atom. The number of rotatable bonds is 6. The minimum atomic E-state index is 0. The van der Waals surface area contributed by atoms with Crippen molar-refractivity contribution < 1.29 is 9.53 Å². The smallest absolute Gasteiger partial charge is 0.224 e. The van der Waals surface area contributed by atoms with Crippen molar-refractivity contribution in [2.24, 2.45) is 5.92 Å². The van der Waals surface area contributed by atoms with Crippen molar-refractivity contribution in [3.8, 4) is 5.75 Å². The minimum Gasteiger partial charge on any atom is -0.491 e. The van der Waals surface area contributed by atoms with Gasteiger partial charge in [0.25, 0.3) is 0 Å². The first-order valence-corrected chi connectivity index (χ1v) is 7.86. The standard InChI is InChI=1S/C17H26N2O2.ClH/c1-13(2)21-16-7-3-5-14(9-16)10-17(20)19-12-15-6-4-8-18-11-15;/h3,5,7,9,13,15,18H,4,6,8,10-12H2,1-2H3,(H,19,20);1H. The van der Waals surface area contributed by atoms with Gasteiger partial charge in [-0.05, 0) is 63.4 Å². The number of carbonyl (C=O) groups is 1. The van der Waals surface area contributed by atoms with Crippen LogP contribution in [0.5, 0.6) is 5.75 Å². The number of carbonyl (C=O) groups excluding carboxylic acids is 1. The summed E-state index contributed by atoms with van der Waals surface area (Å²) in [5.41, 5.74) is 0.993. The van der Waals surface area contributed by atoms with Crippen LogP contribution in [0.2, 0.25) is 0 Å². The second-order valence-electron chi connectivity index (χ2n) is 6.01. The van der Waals surface area contributed by atoms with Crippen LogP contribution in [-0.4, -0.2) is 31.6 Å². The highest BCUT2D eigenvalue weighted by Gasteiger charge is 2.14. The molecule has 0 radical (unpaired) electrons. The van der Waals surface area contributed by atoms with Gasteiger partial charge in [-0.2, -0.15) is 0 Å². The van der Waals surface area contributed by atoms with E-state index in [4.69, 9.17) is 4.74 Å². The number of amides is 1. The minimum absolute atomic E-state index is 0. The highest BCUT2D eigenvalue weighted by Crippen LogP contribution is 2.15. The average Bonchev–Trinajstić information content (AvgIpc) is 2.46. The van der Waals surface area contributed by atoms with Crippen LogP contribution in [0.25, 0.3) is 0 Å². The third kappa shape index (κ3) is 6.67. The summed E-state index contributed by atoms with van der Waals surface area (Å²) in [6, 6.07) is 7.77. The Kier molecular flexibility index (Phi) is 8.28. The molecule has 0 aliphatic carbocycles. The lowest BCUT2D eigenvalue weighted by atomic mass is 9.99. The topological polar surface area (TPSA) is 50.4 Å². The van der Waals surface area contributed by atoms with Gasteiger partial charge in [-0.1, -0.05) is 12.1 Å². The maximum atomic E-state index is 12.0. The molecule has 4 nitrogen and oxygen atoms in total.